The monoisotopic (exact) mass is 381 g/mol. The first-order chi connectivity index (χ1) is 11.8. The van der Waals surface area contributed by atoms with Crippen LogP contribution in [0.5, 0.6) is 0 Å². The summed E-state index contributed by atoms with van der Waals surface area (Å²) in [5.74, 6) is -1.62. The number of benzene rings is 1. The number of carboxylic acids is 1. The Bertz CT molecular complexity index is 727. The van der Waals surface area contributed by atoms with Crippen molar-refractivity contribution in [2.75, 3.05) is 12.8 Å². The number of carboxylic acid groups (broad SMARTS) is 1. The maximum atomic E-state index is 13.0. The van der Waals surface area contributed by atoms with Crippen LogP contribution in [0.1, 0.15) is 30.6 Å². The van der Waals surface area contributed by atoms with Crippen molar-refractivity contribution in [3.63, 3.8) is 0 Å². The van der Waals surface area contributed by atoms with Gasteiger partial charge in [-0.3, -0.25) is 14.4 Å². The SMILES string of the molecule is CSC1C(C(=O)c2ccc(Cl)cc2)=C(CC(=O)O)C(=O)N1CC(C)C. The summed E-state index contributed by atoms with van der Waals surface area (Å²) in [7, 11) is 0. The van der Waals surface area contributed by atoms with Crippen LogP contribution in [0.25, 0.3) is 0 Å². The minimum Gasteiger partial charge on any atom is -0.481 e. The Balaban J connectivity index is 2.51. The highest BCUT2D eigenvalue weighted by Gasteiger charge is 2.42. The molecule has 0 bridgehead atoms. The van der Waals surface area contributed by atoms with E-state index in [1.54, 1.807) is 29.2 Å². The predicted molar refractivity (Wildman–Crippen MR) is 98.9 cm³/mol. The maximum Gasteiger partial charge on any atom is 0.308 e. The zero-order chi connectivity index (χ0) is 18.7. The third-order valence-corrected chi connectivity index (χ3v) is 5.03. The van der Waals surface area contributed by atoms with Gasteiger partial charge in [0.25, 0.3) is 5.91 Å². The first kappa shape index (κ1) is 19.5. The van der Waals surface area contributed by atoms with Crippen LogP contribution in [0, 0.1) is 5.92 Å². The molecule has 1 atom stereocenters. The maximum absolute atomic E-state index is 13.0. The lowest BCUT2D eigenvalue weighted by Gasteiger charge is -2.27. The highest BCUT2D eigenvalue weighted by atomic mass is 35.5. The Morgan fingerprint density at radius 3 is 2.36 bits per heavy atom. The molecule has 7 heteroatoms. The molecule has 0 spiro atoms. The van der Waals surface area contributed by atoms with Crippen molar-refractivity contribution < 1.29 is 19.5 Å². The van der Waals surface area contributed by atoms with Crippen molar-refractivity contribution in [1.29, 1.82) is 0 Å². The smallest absolute Gasteiger partial charge is 0.308 e. The van der Waals surface area contributed by atoms with Gasteiger partial charge >= 0.3 is 5.97 Å². The van der Waals surface area contributed by atoms with E-state index in [0.717, 1.165) is 0 Å². The van der Waals surface area contributed by atoms with Crippen molar-refractivity contribution in [1.82, 2.24) is 4.90 Å². The first-order valence-corrected chi connectivity index (χ1v) is 9.51. The summed E-state index contributed by atoms with van der Waals surface area (Å²) < 4.78 is 0. The van der Waals surface area contributed by atoms with E-state index in [1.165, 1.54) is 11.8 Å². The zero-order valence-electron chi connectivity index (χ0n) is 14.3. The number of hydrogen-bond donors (Lipinski definition) is 1. The molecule has 1 aromatic rings. The van der Waals surface area contributed by atoms with E-state index in [0.29, 0.717) is 17.1 Å². The molecule has 134 valence electrons. The van der Waals surface area contributed by atoms with Gasteiger partial charge in [0, 0.05) is 28.3 Å². The molecule has 0 fully saturated rings. The number of aliphatic carboxylic acids is 1. The molecule has 0 aromatic heterocycles. The molecule has 2 rings (SSSR count). The Kier molecular flexibility index (Phi) is 6.30. The van der Waals surface area contributed by atoms with Crippen molar-refractivity contribution >= 4 is 41.0 Å². The van der Waals surface area contributed by atoms with Crippen LogP contribution in [-0.2, 0) is 9.59 Å². The van der Waals surface area contributed by atoms with Gasteiger partial charge in [0.05, 0.1) is 6.42 Å². The van der Waals surface area contributed by atoms with Crippen LogP contribution < -0.4 is 0 Å². The molecule has 0 saturated carbocycles. The molecule has 1 unspecified atom stereocenters. The fourth-order valence-corrected chi connectivity index (χ4v) is 3.89. The molecule has 0 saturated heterocycles. The number of carbonyl (C=O) groups excluding carboxylic acids is 2. The van der Waals surface area contributed by atoms with Crippen molar-refractivity contribution in [2.24, 2.45) is 5.92 Å². The fraction of sp³-hybridized carbons (Fsp3) is 0.389. The number of Topliss-reactive ketones (excluding diaryl/α,β-unsaturated/α-hetero) is 1. The van der Waals surface area contributed by atoms with Gasteiger partial charge in [0.15, 0.2) is 5.78 Å². The summed E-state index contributed by atoms with van der Waals surface area (Å²) in [6.07, 6.45) is 1.35. The van der Waals surface area contributed by atoms with Gasteiger partial charge in [0.1, 0.15) is 5.37 Å². The normalized spacial score (nSPS) is 17.6. The fourth-order valence-electron chi connectivity index (χ4n) is 2.85. The minimum atomic E-state index is -1.13. The van der Waals surface area contributed by atoms with E-state index >= 15 is 0 Å². The predicted octanol–water partition coefficient (Wildman–Crippen LogP) is 3.48. The second-order valence-corrected chi connectivity index (χ2v) is 7.59. The number of carbonyl (C=O) groups is 3. The van der Waals surface area contributed by atoms with Gasteiger partial charge in [-0.05, 0) is 36.4 Å². The zero-order valence-corrected chi connectivity index (χ0v) is 15.9. The van der Waals surface area contributed by atoms with Gasteiger partial charge in [-0.15, -0.1) is 11.8 Å². The molecule has 0 radical (unpaired) electrons. The molecule has 0 aliphatic carbocycles. The van der Waals surface area contributed by atoms with E-state index < -0.39 is 17.8 Å². The molecular weight excluding hydrogens is 362 g/mol. The number of ketones is 1. The molecule has 1 heterocycles. The van der Waals surface area contributed by atoms with Crippen LogP contribution in [0.3, 0.4) is 0 Å². The van der Waals surface area contributed by atoms with Crippen LogP contribution in [-0.4, -0.2) is 45.8 Å². The second kappa shape index (κ2) is 8.06. The standard InChI is InChI=1S/C18H20ClNO4S/c1-10(2)9-20-17(24)13(8-14(21)22)15(18(20)25-3)16(23)11-4-6-12(19)7-5-11/h4-7,10,18H,8-9H2,1-3H3,(H,21,22). The van der Waals surface area contributed by atoms with Crippen molar-refractivity contribution in [3.8, 4) is 0 Å². The van der Waals surface area contributed by atoms with Gasteiger partial charge in [-0.2, -0.15) is 0 Å². The van der Waals surface area contributed by atoms with E-state index in [2.05, 4.69) is 0 Å². The Morgan fingerprint density at radius 2 is 1.88 bits per heavy atom. The van der Waals surface area contributed by atoms with Crippen molar-refractivity contribution in [2.45, 2.75) is 25.6 Å². The van der Waals surface area contributed by atoms with Crippen LogP contribution in [0.15, 0.2) is 35.4 Å². The lowest BCUT2D eigenvalue weighted by atomic mass is 9.98. The molecule has 25 heavy (non-hydrogen) atoms. The summed E-state index contributed by atoms with van der Waals surface area (Å²) in [4.78, 5) is 38.6. The topological polar surface area (TPSA) is 74.7 Å². The Hall–Kier alpha value is -1.79. The Labute approximate surface area is 156 Å². The summed E-state index contributed by atoms with van der Waals surface area (Å²) >= 11 is 7.22. The summed E-state index contributed by atoms with van der Waals surface area (Å²) in [5, 5.41) is 9.21. The highest BCUT2D eigenvalue weighted by Crippen LogP contribution is 2.36. The van der Waals surface area contributed by atoms with Crippen LogP contribution in [0.4, 0.5) is 0 Å². The van der Waals surface area contributed by atoms with Gasteiger partial charge in [0.2, 0.25) is 0 Å². The van der Waals surface area contributed by atoms with Gasteiger partial charge < -0.3 is 10.0 Å². The first-order valence-electron chi connectivity index (χ1n) is 7.85. The third kappa shape index (κ3) is 4.25. The molecule has 1 amide bonds. The summed E-state index contributed by atoms with van der Waals surface area (Å²) in [6.45, 7) is 4.41. The summed E-state index contributed by atoms with van der Waals surface area (Å²) in [6, 6.07) is 6.37. The summed E-state index contributed by atoms with van der Waals surface area (Å²) in [5.41, 5.74) is 0.732. The quantitative estimate of drug-likeness (QED) is 0.732. The Morgan fingerprint density at radius 1 is 1.28 bits per heavy atom. The second-order valence-electron chi connectivity index (χ2n) is 6.24. The van der Waals surface area contributed by atoms with Gasteiger partial charge in [-0.25, -0.2) is 0 Å². The minimum absolute atomic E-state index is 0.0763. The van der Waals surface area contributed by atoms with Crippen LogP contribution >= 0.6 is 23.4 Å². The number of thioether (sulfide) groups is 1. The van der Waals surface area contributed by atoms with E-state index in [-0.39, 0.29) is 28.8 Å². The highest BCUT2D eigenvalue weighted by molar-refractivity contribution is 7.99. The number of nitrogens with zero attached hydrogens (tertiary/aromatic N) is 1. The van der Waals surface area contributed by atoms with E-state index in [9.17, 15) is 19.5 Å². The van der Waals surface area contributed by atoms with Crippen LogP contribution in [0.2, 0.25) is 5.02 Å². The average Bonchev–Trinajstić information content (AvgIpc) is 2.79. The van der Waals surface area contributed by atoms with E-state index in [4.69, 9.17) is 11.6 Å². The largest absolute Gasteiger partial charge is 0.481 e. The van der Waals surface area contributed by atoms with Crippen molar-refractivity contribution in [3.05, 3.63) is 46.0 Å². The molecule has 1 aliphatic heterocycles. The number of halogens is 1. The molecule has 5 nitrogen and oxygen atoms in total. The third-order valence-electron chi connectivity index (χ3n) is 3.84. The average molecular weight is 382 g/mol. The van der Waals surface area contributed by atoms with E-state index in [1.807, 2.05) is 20.1 Å². The van der Waals surface area contributed by atoms with Gasteiger partial charge in [-0.1, -0.05) is 25.4 Å². The number of amides is 1. The lowest BCUT2D eigenvalue weighted by molar-refractivity contribution is -0.137. The number of rotatable bonds is 7. The number of hydrogen-bond acceptors (Lipinski definition) is 4. The molecule has 1 aliphatic rings. The molecule has 1 aromatic carbocycles. The molecular formula is C18H20ClNO4S. The molecule has 1 N–H and O–H groups in total. The lowest BCUT2D eigenvalue weighted by Crippen LogP contribution is -2.37.